The average Bonchev–Trinajstić information content (AvgIpc) is 2.51. The molecule has 0 saturated heterocycles. The Morgan fingerprint density at radius 1 is 1.50 bits per heavy atom. The van der Waals surface area contributed by atoms with E-state index in [9.17, 15) is 0 Å². The Hall–Kier alpha value is -1.34. The first-order chi connectivity index (χ1) is 5.72. The molecule has 4 heteroatoms. The highest BCUT2D eigenvalue weighted by molar-refractivity contribution is 7.16. The number of aryl methyl sites for hydroxylation is 2. The van der Waals surface area contributed by atoms with Crippen molar-refractivity contribution in [3.8, 4) is 12.3 Å². The number of rotatable bonds is 0. The minimum Gasteiger partial charge on any atom is -0.208 e. The molecule has 0 spiro atoms. The van der Waals surface area contributed by atoms with Crippen molar-refractivity contribution in [3.05, 3.63) is 16.4 Å². The molecule has 0 radical (unpaired) electrons. The quantitative estimate of drug-likeness (QED) is 0.569. The van der Waals surface area contributed by atoms with E-state index < -0.39 is 0 Å². The second kappa shape index (κ2) is 2.32. The van der Waals surface area contributed by atoms with Gasteiger partial charge in [-0.1, -0.05) is 11.3 Å². The van der Waals surface area contributed by atoms with Gasteiger partial charge in [-0.05, 0) is 19.8 Å². The normalized spacial score (nSPS) is 10.4. The highest BCUT2D eigenvalue weighted by atomic mass is 32.1. The molecule has 3 nitrogen and oxygen atoms in total. The van der Waals surface area contributed by atoms with Crippen molar-refractivity contribution < 1.29 is 0 Å². The Morgan fingerprint density at radius 3 is 2.83 bits per heavy atom. The molecule has 0 atom stereocenters. The summed E-state index contributed by atoms with van der Waals surface area (Å²) in [5.41, 5.74) is 1.63. The monoisotopic (exact) mass is 177 g/mol. The molecule has 2 rings (SSSR count). The zero-order valence-corrected chi connectivity index (χ0v) is 7.64. The van der Waals surface area contributed by atoms with Gasteiger partial charge in [0.1, 0.15) is 10.7 Å². The molecule has 0 aliphatic rings. The van der Waals surface area contributed by atoms with Crippen molar-refractivity contribution in [2.45, 2.75) is 13.8 Å². The molecule has 12 heavy (non-hydrogen) atoms. The molecule has 0 unspecified atom stereocenters. The number of hydrogen-bond donors (Lipinski definition) is 0. The van der Waals surface area contributed by atoms with E-state index in [0.29, 0.717) is 5.69 Å². The number of fused-ring (bicyclic) bond motifs is 1. The highest BCUT2D eigenvalue weighted by Crippen LogP contribution is 2.16. The van der Waals surface area contributed by atoms with Crippen LogP contribution in [0.4, 0.5) is 0 Å². The van der Waals surface area contributed by atoms with E-state index in [4.69, 9.17) is 6.42 Å². The van der Waals surface area contributed by atoms with Crippen molar-refractivity contribution in [2.75, 3.05) is 0 Å². The maximum Gasteiger partial charge on any atom is 0.213 e. The average molecular weight is 177 g/mol. The highest BCUT2D eigenvalue weighted by Gasteiger charge is 2.08. The minimum atomic E-state index is 0.689. The van der Waals surface area contributed by atoms with E-state index in [1.54, 1.807) is 15.9 Å². The van der Waals surface area contributed by atoms with E-state index in [2.05, 4.69) is 16.0 Å². The van der Waals surface area contributed by atoms with Crippen molar-refractivity contribution in [1.82, 2.24) is 14.6 Å². The first-order valence-corrected chi connectivity index (χ1v) is 4.33. The summed E-state index contributed by atoms with van der Waals surface area (Å²) in [5.74, 6) is 2.52. The second-order valence-electron chi connectivity index (χ2n) is 2.51. The van der Waals surface area contributed by atoms with Crippen LogP contribution < -0.4 is 0 Å². The largest absolute Gasteiger partial charge is 0.213 e. The Kier molecular flexibility index (Phi) is 1.42. The van der Waals surface area contributed by atoms with E-state index >= 15 is 0 Å². The zero-order chi connectivity index (χ0) is 8.72. The van der Waals surface area contributed by atoms with Gasteiger partial charge in [-0.3, -0.25) is 0 Å². The Labute approximate surface area is 74.1 Å². The van der Waals surface area contributed by atoms with Crippen LogP contribution in [0.3, 0.4) is 0 Å². The molecule has 60 valence electrons. The van der Waals surface area contributed by atoms with Crippen molar-refractivity contribution in [2.24, 2.45) is 0 Å². The van der Waals surface area contributed by atoms with E-state index in [0.717, 1.165) is 15.7 Å². The Balaban J connectivity index is 2.85. The maximum atomic E-state index is 5.26. The smallest absolute Gasteiger partial charge is 0.208 e. The number of nitrogens with zero attached hydrogens (tertiary/aromatic N) is 3. The fourth-order valence-corrected chi connectivity index (χ4v) is 1.87. The maximum absolute atomic E-state index is 5.26. The topological polar surface area (TPSA) is 30.2 Å². The van der Waals surface area contributed by atoms with E-state index in [1.165, 1.54) is 0 Å². The summed E-state index contributed by atoms with van der Waals surface area (Å²) < 4.78 is 1.79. The number of aromatic nitrogens is 3. The standard InChI is InChI=1S/C8H7N3S/c1-4-7-5(2)11-8(9-7)12-6(3)10-11/h1H,2-3H3. The van der Waals surface area contributed by atoms with Crippen molar-refractivity contribution in [3.63, 3.8) is 0 Å². The molecule has 0 aliphatic carbocycles. The molecular weight excluding hydrogens is 170 g/mol. The van der Waals surface area contributed by atoms with Gasteiger partial charge in [-0.15, -0.1) is 6.42 Å². The van der Waals surface area contributed by atoms with Crippen LogP contribution >= 0.6 is 11.3 Å². The van der Waals surface area contributed by atoms with Gasteiger partial charge in [-0.25, -0.2) is 9.50 Å². The van der Waals surface area contributed by atoms with Gasteiger partial charge in [0.15, 0.2) is 0 Å². The SMILES string of the molecule is C#Cc1nc2sc(C)nn2c1C. The molecule has 0 aromatic carbocycles. The Morgan fingerprint density at radius 2 is 2.25 bits per heavy atom. The van der Waals surface area contributed by atoms with Crippen LogP contribution in [0.15, 0.2) is 0 Å². The molecule has 2 heterocycles. The van der Waals surface area contributed by atoms with Crippen LogP contribution in [0.2, 0.25) is 0 Å². The van der Waals surface area contributed by atoms with Gasteiger partial charge < -0.3 is 0 Å². The van der Waals surface area contributed by atoms with Crippen molar-refractivity contribution >= 4 is 16.3 Å². The third kappa shape index (κ3) is 0.836. The summed E-state index contributed by atoms with van der Waals surface area (Å²) in [4.78, 5) is 5.11. The third-order valence-corrected chi connectivity index (χ3v) is 2.49. The second-order valence-corrected chi connectivity index (χ2v) is 3.67. The summed E-state index contributed by atoms with van der Waals surface area (Å²) in [7, 11) is 0. The lowest BCUT2D eigenvalue weighted by atomic mass is 10.4. The van der Waals surface area contributed by atoms with E-state index in [-0.39, 0.29) is 0 Å². The number of terminal acetylenes is 1. The van der Waals surface area contributed by atoms with Crippen LogP contribution in [-0.2, 0) is 0 Å². The van der Waals surface area contributed by atoms with Crippen LogP contribution in [0.25, 0.3) is 4.96 Å². The van der Waals surface area contributed by atoms with Crippen LogP contribution in [0.1, 0.15) is 16.4 Å². The van der Waals surface area contributed by atoms with Crippen molar-refractivity contribution in [1.29, 1.82) is 0 Å². The van der Waals surface area contributed by atoms with Gasteiger partial charge in [0.05, 0.1) is 5.69 Å². The van der Waals surface area contributed by atoms with E-state index in [1.807, 2.05) is 13.8 Å². The minimum absolute atomic E-state index is 0.689. The molecule has 0 aliphatic heterocycles. The van der Waals surface area contributed by atoms with Crippen LogP contribution in [-0.4, -0.2) is 14.6 Å². The van der Waals surface area contributed by atoms with Gasteiger partial charge in [-0.2, -0.15) is 5.10 Å². The molecule has 0 saturated carbocycles. The third-order valence-electron chi connectivity index (χ3n) is 1.67. The molecule has 0 bridgehead atoms. The lowest BCUT2D eigenvalue weighted by Gasteiger charge is -1.85. The summed E-state index contributed by atoms with van der Waals surface area (Å²) >= 11 is 1.55. The fraction of sp³-hybridized carbons (Fsp3) is 0.250. The number of hydrogen-bond acceptors (Lipinski definition) is 3. The predicted molar refractivity (Wildman–Crippen MR) is 48.3 cm³/mol. The molecule has 0 fully saturated rings. The van der Waals surface area contributed by atoms with Gasteiger partial charge in [0, 0.05) is 0 Å². The molecule has 0 amide bonds. The van der Waals surface area contributed by atoms with Crippen LogP contribution in [0.5, 0.6) is 0 Å². The summed E-state index contributed by atoms with van der Waals surface area (Å²) in [6, 6.07) is 0. The van der Waals surface area contributed by atoms with Gasteiger partial charge in [0.25, 0.3) is 0 Å². The zero-order valence-electron chi connectivity index (χ0n) is 6.83. The van der Waals surface area contributed by atoms with Gasteiger partial charge in [0.2, 0.25) is 4.96 Å². The first kappa shape index (κ1) is 7.32. The van der Waals surface area contributed by atoms with Gasteiger partial charge >= 0.3 is 0 Å². The predicted octanol–water partition coefficient (Wildman–Crippen LogP) is 1.39. The lowest BCUT2D eigenvalue weighted by Crippen LogP contribution is -1.88. The number of imidazole rings is 1. The molecule has 2 aromatic rings. The summed E-state index contributed by atoms with van der Waals surface area (Å²) in [5, 5.41) is 5.26. The summed E-state index contributed by atoms with van der Waals surface area (Å²) in [6.45, 7) is 3.88. The fourth-order valence-electron chi connectivity index (χ4n) is 1.08. The van der Waals surface area contributed by atoms with Crippen LogP contribution in [0, 0.1) is 26.2 Å². The first-order valence-electron chi connectivity index (χ1n) is 3.51. The lowest BCUT2D eigenvalue weighted by molar-refractivity contribution is 0.907. The molecule has 0 N–H and O–H groups in total. The molecule has 2 aromatic heterocycles. The summed E-state index contributed by atoms with van der Waals surface area (Å²) in [6.07, 6.45) is 5.26. The Bertz CT molecular complexity index is 472. The molecular formula is C8H7N3S.